The Morgan fingerprint density at radius 3 is 2.03 bits per heavy atom. The van der Waals surface area contributed by atoms with Crippen LogP contribution in [0.3, 0.4) is 0 Å². The zero-order chi connectivity index (χ0) is 22.1. The van der Waals surface area contributed by atoms with Gasteiger partial charge in [0, 0.05) is 39.3 Å². The summed E-state index contributed by atoms with van der Waals surface area (Å²) in [5, 5.41) is 10.4. The Kier molecular flexibility index (Phi) is 8.97. The van der Waals surface area contributed by atoms with Gasteiger partial charge in [-0.1, -0.05) is 30.3 Å². The van der Waals surface area contributed by atoms with Crippen molar-refractivity contribution in [2.45, 2.75) is 19.3 Å². The lowest BCUT2D eigenvalue weighted by Crippen LogP contribution is -2.48. The highest BCUT2D eigenvalue weighted by atomic mass is 16.5. The average Bonchev–Trinajstić information content (AvgIpc) is 2.80. The van der Waals surface area contributed by atoms with Crippen molar-refractivity contribution in [2.75, 3.05) is 60.7 Å². The molecule has 1 aliphatic rings. The number of nitrogens with zero attached hydrogens (tertiary/aromatic N) is 2. The molecule has 1 heterocycles. The van der Waals surface area contributed by atoms with Crippen LogP contribution in [-0.4, -0.2) is 81.7 Å². The monoisotopic (exact) mass is 430 g/mol. The molecular weight excluding hydrogens is 396 g/mol. The number of hydrogen-bond donors (Lipinski definition) is 1. The average molecular weight is 431 g/mol. The summed E-state index contributed by atoms with van der Waals surface area (Å²) in [6, 6.07) is 14.3. The maximum absolute atomic E-state index is 10.4. The summed E-state index contributed by atoms with van der Waals surface area (Å²) in [5.41, 5.74) is 2.24. The third kappa shape index (κ3) is 6.83. The number of rotatable bonds is 11. The molecule has 31 heavy (non-hydrogen) atoms. The van der Waals surface area contributed by atoms with E-state index in [9.17, 15) is 5.11 Å². The number of β-amino-alcohol motifs (C(OH)–C–C–N with tert-alkyl or cyclic N) is 1. The van der Waals surface area contributed by atoms with Gasteiger partial charge in [0.25, 0.3) is 0 Å². The first-order chi connectivity index (χ1) is 15.1. The summed E-state index contributed by atoms with van der Waals surface area (Å²) in [5.74, 6) is 1.74. The van der Waals surface area contributed by atoms with E-state index in [2.05, 4.69) is 34.1 Å². The maximum Gasteiger partial charge on any atom is 0.203 e. The number of aliphatic hydroxyl groups excluding tert-OH is 1. The zero-order valence-corrected chi connectivity index (χ0v) is 18.8. The highest BCUT2D eigenvalue weighted by Crippen LogP contribution is 2.38. The van der Waals surface area contributed by atoms with Crippen LogP contribution >= 0.6 is 0 Å². The molecule has 0 radical (unpaired) electrons. The second-order valence-electron chi connectivity index (χ2n) is 7.76. The van der Waals surface area contributed by atoms with Gasteiger partial charge in [-0.05, 0) is 23.3 Å². The van der Waals surface area contributed by atoms with Gasteiger partial charge in [-0.15, -0.1) is 0 Å². The largest absolute Gasteiger partial charge is 0.493 e. The predicted molar refractivity (Wildman–Crippen MR) is 120 cm³/mol. The van der Waals surface area contributed by atoms with Crippen LogP contribution in [0.4, 0.5) is 0 Å². The van der Waals surface area contributed by atoms with Gasteiger partial charge in [-0.3, -0.25) is 9.80 Å². The lowest BCUT2D eigenvalue weighted by Gasteiger charge is -2.35. The number of hydrogen-bond acceptors (Lipinski definition) is 7. The van der Waals surface area contributed by atoms with Gasteiger partial charge in [-0.25, -0.2) is 0 Å². The van der Waals surface area contributed by atoms with E-state index in [-0.39, 0.29) is 6.61 Å². The Morgan fingerprint density at radius 2 is 1.45 bits per heavy atom. The molecule has 2 aromatic carbocycles. The van der Waals surface area contributed by atoms with Crippen molar-refractivity contribution < 1.29 is 24.1 Å². The number of ether oxygens (including phenoxy) is 4. The Balaban J connectivity index is 1.39. The second-order valence-corrected chi connectivity index (χ2v) is 7.76. The summed E-state index contributed by atoms with van der Waals surface area (Å²) >= 11 is 0. The number of methoxy groups -OCH3 is 3. The molecule has 170 valence electrons. The predicted octanol–water partition coefficient (Wildman–Crippen LogP) is 2.41. The highest BCUT2D eigenvalue weighted by molar-refractivity contribution is 5.53. The van der Waals surface area contributed by atoms with E-state index in [1.807, 2.05) is 18.2 Å². The standard InChI is InChI=1S/C24H34N2O5/c1-28-22-13-20(14-23(29-2)24(22)30-3)17-31-18-21(27)16-26-11-9-25(10-12-26)15-19-7-5-4-6-8-19/h4-8,13-14,21,27H,9-12,15-18H2,1-3H3. The molecule has 2 aromatic rings. The highest BCUT2D eigenvalue weighted by Gasteiger charge is 2.19. The maximum atomic E-state index is 10.4. The van der Waals surface area contributed by atoms with Crippen LogP contribution in [0.1, 0.15) is 11.1 Å². The minimum absolute atomic E-state index is 0.279. The van der Waals surface area contributed by atoms with Crippen molar-refractivity contribution in [3.63, 3.8) is 0 Å². The molecule has 7 heteroatoms. The normalized spacial score (nSPS) is 16.1. The topological polar surface area (TPSA) is 63.6 Å². The molecule has 1 N–H and O–H groups in total. The molecule has 1 saturated heterocycles. The van der Waals surface area contributed by atoms with E-state index < -0.39 is 6.10 Å². The molecule has 1 unspecified atom stereocenters. The number of benzene rings is 2. The third-order valence-corrected chi connectivity index (χ3v) is 5.49. The van der Waals surface area contributed by atoms with Crippen LogP contribution in [0.25, 0.3) is 0 Å². The minimum Gasteiger partial charge on any atom is -0.493 e. The van der Waals surface area contributed by atoms with Crippen molar-refractivity contribution in [2.24, 2.45) is 0 Å². The quantitative estimate of drug-likeness (QED) is 0.587. The summed E-state index contributed by atoms with van der Waals surface area (Å²) in [7, 11) is 4.75. The van der Waals surface area contributed by atoms with Crippen molar-refractivity contribution in [1.29, 1.82) is 0 Å². The SMILES string of the molecule is COc1cc(COCC(O)CN2CCN(Cc3ccccc3)CC2)cc(OC)c1OC. The Labute approximate surface area is 185 Å². The van der Waals surface area contributed by atoms with Crippen LogP contribution in [0.5, 0.6) is 17.2 Å². The fourth-order valence-corrected chi connectivity index (χ4v) is 3.85. The molecule has 0 aromatic heterocycles. The third-order valence-electron chi connectivity index (χ3n) is 5.49. The van der Waals surface area contributed by atoms with Crippen molar-refractivity contribution >= 4 is 0 Å². The van der Waals surface area contributed by atoms with Gasteiger partial charge in [0.2, 0.25) is 5.75 Å². The van der Waals surface area contributed by atoms with Gasteiger partial charge in [0.1, 0.15) is 0 Å². The molecule has 3 rings (SSSR count). The van der Waals surface area contributed by atoms with Gasteiger partial charge in [-0.2, -0.15) is 0 Å². The van der Waals surface area contributed by atoms with Crippen molar-refractivity contribution in [3.8, 4) is 17.2 Å². The molecule has 1 fully saturated rings. The van der Waals surface area contributed by atoms with Gasteiger partial charge >= 0.3 is 0 Å². The van der Waals surface area contributed by atoms with Crippen LogP contribution < -0.4 is 14.2 Å². The van der Waals surface area contributed by atoms with Gasteiger partial charge in [0.05, 0.1) is 40.6 Å². The van der Waals surface area contributed by atoms with Crippen LogP contribution in [0.2, 0.25) is 0 Å². The lowest BCUT2D eigenvalue weighted by molar-refractivity contribution is 0.000807. The smallest absolute Gasteiger partial charge is 0.203 e. The zero-order valence-electron chi connectivity index (χ0n) is 18.8. The van der Waals surface area contributed by atoms with Crippen LogP contribution in [0, 0.1) is 0 Å². The summed E-state index contributed by atoms with van der Waals surface area (Å²) in [6.07, 6.45) is -0.525. The summed E-state index contributed by atoms with van der Waals surface area (Å²) in [4.78, 5) is 4.76. The molecule has 1 aliphatic heterocycles. The molecule has 0 bridgehead atoms. The summed E-state index contributed by atoms with van der Waals surface area (Å²) in [6.45, 7) is 6.17. The van der Waals surface area contributed by atoms with Gasteiger partial charge in [0.15, 0.2) is 11.5 Å². The van der Waals surface area contributed by atoms with E-state index in [1.54, 1.807) is 21.3 Å². The Morgan fingerprint density at radius 1 is 0.839 bits per heavy atom. The molecule has 0 aliphatic carbocycles. The molecule has 7 nitrogen and oxygen atoms in total. The fraction of sp³-hybridized carbons (Fsp3) is 0.500. The van der Waals surface area contributed by atoms with E-state index in [0.717, 1.165) is 38.3 Å². The molecule has 0 spiro atoms. The first-order valence-corrected chi connectivity index (χ1v) is 10.7. The molecular formula is C24H34N2O5. The lowest BCUT2D eigenvalue weighted by atomic mass is 10.2. The van der Waals surface area contributed by atoms with Gasteiger partial charge < -0.3 is 24.1 Å². The van der Waals surface area contributed by atoms with E-state index in [4.69, 9.17) is 18.9 Å². The van der Waals surface area contributed by atoms with Crippen molar-refractivity contribution in [3.05, 3.63) is 53.6 Å². The fourth-order valence-electron chi connectivity index (χ4n) is 3.85. The van der Waals surface area contributed by atoms with Crippen molar-refractivity contribution in [1.82, 2.24) is 9.80 Å². The molecule has 0 saturated carbocycles. The minimum atomic E-state index is -0.525. The number of piperazine rings is 1. The van der Waals surface area contributed by atoms with Crippen LogP contribution in [-0.2, 0) is 17.9 Å². The first kappa shape index (κ1) is 23.3. The second kappa shape index (κ2) is 11.9. The van der Waals surface area contributed by atoms with E-state index >= 15 is 0 Å². The first-order valence-electron chi connectivity index (χ1n) is 10.7. The molecule has 0 amide bonds. The van der Waals surface area contributed by atoms with E-state index in [1.165, 1.54) is 5.56 Å². The van der Waals surface area contributed by atoms with Crippen LogP contribution in [0.15, 0.2) is 42.5 Å². The Hall–Kier alpha value is -2.32. The summed E-state index contributed by atoms with van der Waals surface area (Å²) < 4.78 is 21.8. The Bertz CT molecular complexity index is 769. The molecule has 1 atom stereocenters. The number of aliphatic hydroxyl groups is 1. The van der Waals surface area contributed by atoms with E-state index in [0.29, 0.717) is 30.4 Å².